The fourth-order valence-electron chi connectivity index (χ4n) is 7.90. The molecule has 4 aliphatic carbocycles. The predicted molar refractivity (Wildman–Crippen MR) is 135 cm³/mol. The fourth-order valence-corrected chi connectivity index (χ4v) is 7.90. The Bertz CT molecular complexity index is 1110. The number of nitrogens with two attached hydrogens (primary N) is 1. The molecule has 3 unspecified atom stereocenters. The third-order valence-corrected chi connectivity index (χ3v) is 9.52. The summed E-state index contributed by atoms with van der Waals surface area (Å²) < 4.78 is 38.7. The molecule has 5 aliphatic rings. The van der Waals surface area contributed by atoms with Crippen LogP contribution in [0.15, 0.2) is 23.3 Å². The summed E-state index contributed by atoms with van der Waals surface area (Å²) in [7, 11) is 0. The zero-order valence-electron chi connectivity index (χ0n) is 21.6. The molecule has 0 amide bonds. The average molecular weight is 533 g/mol. The van der Waals surface area contributed by atoms with Gasteiger partial charge in [0, 0.05) is 32.4 Å². The van der Waals surface area contributed by atoms with Gasteiger partial charge in [0.05, 0.1) is 36.1 Å². The highest BCUT2D eigenvalue weighted by Gasteiger charge is 2.56. The number of nitriles is 1. The normalized spacial score (nSPS) is 33.1. The van der Waals surface area contributed by atoms with Crippen molar-refractivity contribution in [1.29, 1.82) is 5.26 Å². The molecular formula is C27H35F3N6O2. The minimum atomic E-state index is -4.42. The van der Waals surface area contributed by atoms with Crippen LogP contribution in [0.5, 0.6) is 0 Å². The van der Waals surface area contributed by atoms with Gasteiger partial charge in [0.25, 0.3) is 0 Å². The van der Waals surface area contributed by atoms with Crippen molar-refractivity contribution in [3.63, 3.8) is 0 Å². The SMILES string of the molecule is CC(CC#N)(C(N)=NC1C2CC3CC1CC(CC(=O)O)(C3)C2)N1CCN(c2ccc(C(F)(F)F)cn2)CC1. The second-order valence-corrected chi connectivity index (χ2v) is 12.0. The van der Waals surface area contributed by atoms with E-state index >= 15 is 0 Å². The molecule has 1 aromatic rings. The number of carbonyl (C=O) groups is 1. The zero-order valence-corrected chi connectivity index (χ0v) is 21.6. The molecule has 1 saturated heterocycles. The van der Waals surface area contributed by atoms with E-state index in [1.165, 1.54) is 6.07 Å². The summed E-state index contributed by atoms with van der Waals surface area (Å²) in [5.74, 6) is 1.44. The molecule has 4 saturated carbocycles. The molecule has 3 N–H and O–H groups in total. The van der Waals surface area contributed by atoms with Crippen molar-refractivity contribution in [1.82, 2.24) is 9.88 Å². The highest BCUT2D eigenvalue weighted by molar-refractivity contribution is 5.90. The fraction of sp³-hybridized carbons (Fsp3) is 0.704. The lowest BCUT2D eigenvalue weighted by atomic mass is 9.47. The van der Waals surface area contributed by atoms with Gasteiger partial charge < -0.3 is 15.7 Å². The number of hydrogen-bond donors (Lipinski definition) is 2. The van der Waals surface area contributed by atoms with Crippen molar-refractivity contribution >= 4 is 17.6 Å². The summed E-state index contributed by atoms with van der Waals surface area (Å²) in [5.41, 5.74) is 5.05. The minimum absolute atomic E-state index is 0.0594. The molecule has 4 bridgehead atoms. The second kappa shape index (κ2) is 9.70. The van der Waals surface area contributed by atoms with Crippen molar-refractivity contribution in [3.8, 4) is 6.07 Å². The molecule has 5 fully saturated rings. The van der Waals surface area contributed by atoms with Crippen molar-refractivity contribution in [2.75, 3.05) is 31.1 Å². The number of alkyl halides is 3. The Labute approximate surface area is 220 Å². The number of carboxylic acids is 1. The second-order valence-electron chi connectivity index (χ2n) is 12.0. The van der Waals surface area contributed by atoms with Gasteiger partial charge in [-0.1, -0.05) is 0 Å². The van der Waals surface area contributed by atoms with E-state index in [4.69, 9.17) is 10.7 Å². The molecule has 0 aromatic carbocycles. The topological polar surface area (TPSA) is 119 Å². The maximum Gasteiger partial charge on any atom is 0.417 e. The van der Waals surface area contributed by atoms with E-state index in [0.717, 1.165) is 44.4 Å². The van der Waals surface area contributed by atoms with Gasteiger partial charge in [-0.25, -0.2) is 4.98 Å². The van der Waals surface area contributed by atoms with Gasteiger partial charge >= 0.3 is 12.1 Å². The Balaban J connectivity index is 1.28. The van der Waals surface area contributed by atoms with E-state index in [2.05, 4.69) is 16.0 Å². The number of nitrogens with zero attached hydrogens (tertiary/aromatic N) is 5. The molecule has 206 valence electrons. The van der Waals surface area contributed by atoms with Gasteiger partial charge in [-0.2, -0.15) is 18.4 Å². The molecule has 3 atom stereocenters. The van der Waals surface area contributed by atoms with Crippen LogP contribution in [0.2, 0.25) is 0 Å². The number of hydrogen-bond acceptors (Lipinski definition) is 6. The number of piperazine rings is 1. The number of aromatic nitrogens is 1. The highest BCUT2D eigenvalue weighted by atomic mass is 19.4. The van der Waals surface area contributed by atoms with E-state index in [0.29, 0.717) is 55.6 Å². The number of anilines is 1. The lowest BCUT2D eigenvalue weighted by Crippen LogP contribution is -2.62. The molecular weight excluding hydrogens is 497 g/mol. The number of pyridine rings is 1. The zero-order chi connectivity index (χ0) is 27.3. The number of aliphatic carboxylic acids is 1. The van der Waals surface area contributed by atoms with Gasteiger partial charge in [-0.3, -0.25) is 14.7 Å². The highest BCUT2D eigenvalue weighted by Crippen LogP contribution is 2.62. The van der Waals surface area contributed by atoms with E-state index in [-0.39, 0.29) is 24.3 Å². The van der Waals surface area contributed by atoms with Crippen molar-refractivity contribution in [2.45, 2.75) is 69.6 Å². The summed E-state index contributed by atoms with van der Waals surface area (Å²) in [6.07, 6.45) is 1.72. The molecule has 11 heteroatoms. The van der Waals surface area contributed by atoms with Gasteiger partial charge in [-0.15, -0.1) is 0 Å². The van der Waals surface area contributed by atoms with Crippen LogP contribution in [0, 0.1) is 34.5 Å². The predicted octanol–water partition coefficient (Wildman–Crippen LogP) is 3.92. The van der Waals surface area contributed by atoms with Crippen LogP contribution in [-0.2, 0) is 11.0 Å². The van der Waals surface area contributed by atoms with Crippen LogP contribution in [0.4, 0.5) is 19.0 Å². The van der Waals surface area contributed by atoms with Crippen molar-refractivity contribution in [3.05, 3.63) is 23.9 Å². The van der Waals surface area contributed by atoms with E-state index in [1.807, 2.05) is 11.8 Å². The van der Waals surface area contributed by atoms with Crippen LogP contribution in [0.3, 0.4) is 0 Å². The summed E-state index contributed by atoms with van der Waals surface area (Å²) in [5, 5.41) is 19.2. The Kier molecular flexibility index (Phi) is 6.83. The third-order valence-electron chi connectivity index (χ3n) is 9.52. The molecule has 6 rings (SSSR count). The smallest absolute Gasteiger partial charge is 0.417 e. The largest absolute Gasteiger partial charge is 0.481 e. The lowest BCUT2D eigenvalue weighted by molar-refractivity contribution is -0.146. The standard InChI is InChI=1S/C27H35F3N6O2/c1-25(4-5-31,36-8-6-35(7-9-36)21-3-2-20(16-33-21)27(28,29)30)24(32)34-23-18-10-17-11-19(23)14-26(12-17,13-18)15-22(37)38/h2-3,16-19,23H,4,6-15H2,1H3,(H2,32,34)(H,37,38). The maximum absolute atomic E-state index is 12.9. The molecule has 0 spiro atoms. The average Bonchev–Trinajstić information content (AvgIpc) is 2.84. The monoisotopic (exact) mass is 532 g/mol. The third kappa shape index (κ3) is 4.95. The Hall–Kier alpha value is -2.87. The first-order chi connectivity index (χ1) is 17.9. The minimum Gasteiger partial charge on any atom is -0.481 e. The van der Waals surface area contributed by atoms with E-state index in [1.54, 1.807) is 0 Å². The van der Waals surface area contributed by atoms with Crippen LogP contribution in [-0.4, -0.2) is 64.6 Å². The summed E-state index contributed by atoms with van der Waals surface area (Å²) in [6.45, 7) is 4.17. The lowest BCUT2D eigenvalue weighted by Gasteiger charge is -2.59. The summed E-state index contributed by atoms with van der Waals surface area (Å²) >= 11 is 0. The molecule has 38 heavy (non-hydrogen) atoms. The van der Waals surface area contributed by atoms with Crippen LogP contribution < -0.4 is 10.6 Å². The van der Waals surface area contributed by atoms with Crippen molar-refractivity contribution < 1.29 is 23.1 Å². The number of rotatable bonds is 7. The number of halogens is 3. The Morgan fingerprint density at radius 3 is 2.39 bits per heavy atom. The summed E-state index contributed by atoms with van der Waals surface area (Å²) in [6, 6.07) is 4.78. The first kappa shape index (κ1) is 26.7. The van der Waals surface area contributed by atoms with E-state index < -0.39 is 23.2 Å². The first-order valence-corrected chi connectivity index (χ1v) is 13.4. The number of aliphatic imine (C=N–C) groups is 1. The molecule has 2 heterocycles. The molecule has 1 aliphatic heterocycles. The van der Waals surface area contributed by atoms with Crippen molar-refractivity contribution in [2.24, 2.45) is 33.9 Å². The van der Waals surface area contributed by atoms with Crippen LogP contribution in [0.25, 0.3) is 0 Å². The van der Waals surface area contributed by atoms with Crippen LogP contribution >= 0.6 is 0 Å². The Morgan fingerprint density at radius 1 is 1.21 bits per heavy atom. The van der Waals surface area contributed by atoms with Gasteiger partial charge in [-0.05, 0) is 74.3 Å². The number of carboxylic acid groups (broad SMARTS) is 1. The molecule has 1 aromatic heterocycles. The number of amidine groups is 1. The maximum atomic E-state index is 12.9. The first-order valence-electron chi connectivity index (χ1n) is 13.4. The molecule has 0 radical (unpaired) electrons. The Morgan fingerprint density at radius 2 is 1.87 bits per heavy atom. The quantitative estimate of drug-likeness (QED) is 0.404. The molecule has 8 nitrogen and oxygen atoms in total. The summed E-state index contributed by atoms with van der Waals surface area (Å²) in [4.78, 5) is 24.7. The van der Waals surface area contributed by atoms with E-state index in [9.17, 15) is 28.3 Å². The van der Waals surface area contributed by atoms with Gasteiger partial charge in [0.15, 0.2) is 0 Å². The van der Waals surface area contributed by atoms with Gasteiger partial charge in [0.1, 0.15) is 11.7 Å². The van der Waals surface area contributed by atoms with Crippen LogP contribution in [0.1, 0.15) is 57.4 Å². The van der Waals surface area contributed by atoms with Gasteiger partial charge in [0.2, 0.25) is 0 Å².